The lowest BCUT2D eigenvalue weighted by Gasteiger charge is -2.25. The van der Waals surface area contributed by atoms with Crippen molar-refractivity contribution in [1.29, 1.82) is 0 Å². The van der Waals surface area contributed by atoms with Gasteiger partial charge in [-0.15, -0.1) is 0 Å². The fourth-order valence-corrected chi connectivity index (χ4v) is 4.39. The van der Waals surface area contributed by atoms with Crippen molar-refractivity contribution >= 4 is 23.3 Å². The average Bonchev–Trinajstić information content (AvgIpc) is 3.01. The van der Waals surface area contributed by atoms with E-state index in [1.807, 2.05) is 0 Å². The van der Waals surface area contributed by atoms with E-state index < -0.39 is 0 Å². The van der Waals surface area contributed by atoms with E-state index >= 15 is 0 Å². The lowest BCUT2D eigenvalue weighted by atomic mass is 9.76. The first-order valence-electron chi connectivity index (χ1n) is 10.3. The summed E-state index contributed by atoms with van der Waals surface area (Å²) in [4.78, 5) is 39.5. The topological polar surface area (TPSA) is 72.9 Å². The normalized spacial score (nSPS) is 23.3. The Morgan fingerprint density at radius 3 is 2.53 bits per heavy atom. The SMILES string of the molecule is COc1cccc(C(=O)COc2cccc(N3C(=O)[C@@H]4CC[C@@H](C)C[C@H]4C3=O)c2)c1. The maximum absolute atomic E-state index is 12.9. The summed E-state index contributed by atoms with van der Waals surface area (Å²) in [6.07, 6.45) is 2.50. The molecule has 0 N–H and O–H groups in total. The number of carbonyl (C=O) groups excluding carboxylic acids is 3. The first-order valence-corrected chi connectivity index (χ1v) is 10.3. The quantitative estimate of drug-likeness (QED) is 0.537. The molecular formula is C24H25NO5. The maximum Gasteiger partial charge on any atom is 0.237 e. The number of carbonyl (C=O) groups is 3. The highest BCUT2D eigenvalue weighted by atomic mass is 16.5. The second-order valence-electron chi connectivity index (χ2n) is 8.08. The molecule has 0 radical (unpaired) electrons. The Hall–Kier alpha value is -3.15. The molecule has 0 unspecified atom stereocenters. The van der Waals surface area contributed by atoms with Crippen molar-refractivity contribution in [2.75, 3.05) is 18.6 Å². The predicted octanol–water partition coefficient (Wildman–Crippen LogP) is 3.88. The summed E-state index contributed by atoms with van der Waals surface area (Å²) < 4.78 is 10.8. The monoisotopic (exact) mass is 407 g/mol. The van der Waals surface area contributed by atoms with E-state index in [1.165, 1.54) is 4.90 Å². The van der Waals surface area contributed by atoms with Crippen molar-refractivity contribution < 1.29 is 23.9 Å². The van der Waals surface area contributed by atoms with Gasteiger partial charge in [0.1, 0.15) is 11.5 Å². The van der Waals surface area contributed by atoms with Crippen molar-refractivity contribution in [3.8, 4) is 11.5 Å². The largest absolute Gasteiger partial charge is 0.497 e. The van der Waals surface area contributed by atoms with E-state index in [9.17, 15) is 14.4 Å². The standard InChI is InChI=1S/C24H25NO5/c1-15-9-10-20-21(11-15)24(28)25(23(20)27)17-6-4-8-19(13-17)30-14-22(26)16-5-3-7-18(12-16)29-2/h3-8,12-13,15,20-21H,9-11,14H2,1-2H3/t15-,20-,21-/m1/s1. The summed E-state index contributed by atoms with van der Waals surface area (Å²) in [5.41, 5.74) is 0.993. The smallest absolute Gasteiger partial charge is 0.237 e. The van der Waals surface area contributed by atoms with Crippen molar-refractivity contribution in [3.05, 3.63) is 54.1 Å². The molecule has 1 heterocycles. The molecule has 0 spiro atoms. The maximum atomic E-state index is 12.9. The summed E-state index contributed by atoms with van der Waals surface area (Å²) in [6, 6.07) is 13.7. The zero-order valence-electron chi connectivity index (χ0n) is 17.2. The first kappa shape index (κ1) is 20.1. The molecule has 2 aromatic rings. The van der Waals surface area contributed by atoms with Gasteiger partial charge in [0.05, 0.1) is 24.6 Å². The summed E-state index contributed by atoms with van der Waals surface area (Å²) in [7, 11) is 1.54. The number of hydrogen-bond donors (Lipinski definition) is 0. The van der Waals surface area contributed by atoms with E-state index in [1.54, 1.807) is 55.6 Å². The zero-order chi connectivity index (χ0) is 21.3. The number of rotatable bonds is 6. The number of anilines is 1. The third-order valence-corrected chi connectivity index (χ3v) is 6.03. The van der Waals surface area contributed by atoms with Gasteiger partial charge in [0.25, 0.3) is 0 Å². The molecule has 1 saturated heterocycles. The lowest BCUT2D eigenvalue weighted by Crippen LogP contribution is -2.30. The van der Waals surface area contributed by atoms with Crippen LogP contribution >= 0.6 is 0 Å². The van der Waals surface area contributed by atoms with Crippen LogP contribution in [0.3, 0.4) is 0 Å². The molecule has 156 valence electrons. The van der Waals surface area contributed by atoms with Gasteiger partial charge >= 0.3 is 0 Å². The minimum atomic E-state index is -0.222. The van der Waals surface area contributed by atoms with Gasteiger partial charge in [-0.3, -0.25) is 14.4 Å². The van der Waals surface area contributed by atoms with Crippen molar-refractivity contribution in [3.63, 3.8) is 0 Å². The molecule has 2 fully saturated rings. The summed E-state index contributed by atoms with van der Waals surface area (Å²) in [5.74, 6) is 0.626. The first-order chi connectivity index (χ1) is 14.5. The molecule has 2 amide bonds. The van der Waals surface area contributed by atoms with Gasteiger partial charge in [-0.25, -0.2) is 4.90 Å². The molecule has 2 aromatic carbocycles. The summed E-state index contributed by atoms with van der Waals surface area (Å²) >= 11 is 0. The van der Waals surface area contributed by atoms with E-state index in [0.717, 1.165) is 19.3 Å². The number of Topliss-reactive ketones (excluding diaryl/α,β-unsaturated/α-hetero) is 1. The molecule has 0 bridgehead atoms. The number of fused-ring (bicyclic) bond motifs is 1. The molecule has 1 aliphatic carbocycles. The average molecular weight is 407 g/mol. The van der Waals surface area contributed by atoms with E-state index in [-0.39, 0.29) is 36.0 Å². The molecule has 2 aliphatic rings. The fourth-order valence-electron chi connectivity index (χ4n) is 4.39. The number of imide groups is 1. The van der Waals surface area contributed by atoms with Crippen LogP contribution in [0.1, 0.15) is 36.5 Å². The molecule has 6 nitrogen and oxygen atoms in total. The number of ether oxygens (including phenoxy) is 2. The van der Waals surface area contributed by atoms with E-state index in [0.29, 0.717) is 28.7 Å². The number of ketones is 1. The highest BCUT2D eigenvalue weighted by Gasteiger charge is 2.50. The van der Waals surface area contributed by atoms with Gasteiger partial charge < -0.3 is 9.47 Å². The predicted molar refractivity (Wildman–Crippen MR) is 112 cm³/mol. The van der Waals surface area contributed by atoms with Gasteiger partial charge in [0.15, 0.2) is 12.4 Å². The van der Waals surface area contributed by atoms with Crippen LogP contribution in [-0.4, -0.2) is 31.3 Å². The van der Waals surface area contributed by atoms with Crippen LogP contribution in [0.15, 0.2) is 48.5 Å². The molecule has 30 heavy (non-hydrogen) atoms. The Balaban J connectivity index is 1.47. The number of amides is 2. The molecule has 1 aliphatic heterocycles. The third kappa shape index (κ3) is 3.82. The Labute approximate surface area is 175 Å². The van der Waals surface area contributed by atoms with Crippen molar-refractivity contribution in [2.24, 2.45) is 17.8 Å². The third-order valence-electron chi connectivity index (χ3n) is 6.03. The Morgan fingerprint density at radius 2 is 1.73 bits per heavy atom. The van der Waals surface area contributed by atoms with Crippen LogP contribution in [0.4, 0.5) is 5.69 Å². The summed E-state index contributed by atoms with van der Waals surface area (Å²) in [5, 5.41) is 0. The number of nitrogens with zero attached hydrogens (tertiary/aromatic N) is 1. The Kier molecular flexibility index (Phi) is 5.57. The van der Waals surface area contributed by atoms with Gasteiger partial charge in [-0.1, -0.05) is 25.1 Å². The Morgan fingerprint density at radius 1 is 1.00 bits per heavy atom. The molecule has 0 aromatic heterocycles. The summed E-state index contributed by atoms with van der Waals surface area (Å²) in [6.45, 7) is 1.98. The zero-order valence-corrected chi connectivity index (χ0v) is 17.2. The lowest BCUT2D eigenvalue weighted by molar-refractivity contribution is -0.122. The highest BCUT2D eigenvalue weighted by molar-refractivity contribution is 6.22. The van der Waals surface area contributed by atoms with E-state index in [4.69, 9.17) is 9.47 Å². The van der Waals surface area contributed by atoms with Crippen LogP contribution in [0.25, 0.3) is 0 Å². The van der Waals surface area contributed by atoms with Gasteiger partial charge in [-0.2, -0.15) is 0 Å². The second-order valence-corrected chi connectivity index (χ2v) is 8.08. The van der Waals surface area contributed by atoms with Crippen molar-refractivity contribution in [2.45, 2.75) is 26.2 Å². The molecule has 3 atom stereocenters. The minimum Gasteiger partial charge on any atom is -0.497 e. The van der Waals surface area contributed by atoms with Gasteiger partial charge in [0.2, 0.25) is 11.8 Å². The number of benzene rings is 2. The number of hydrogen-bond acceptors (Lipinski definition) is 5. The van der Waals surface area contributed by atoms with Crippen molar-refractivity contribution in [1.82, 2.24) is 0 Å². The second kappa shape index (κ2) is 8.30. The fraction of sp³-hybridized carbons (Fsp3) is 0.375. The molecule has 1 saturated carbocycles. The van der Waals surface area contributed by atoms with Crippen LogP contribution in [0.2, 0.25) is 0 Å². The van der Waals surface area contributed by atoms with Gasteiger partial charge in [0, 0.05) is 11.6 Å². The highest BCUT2D eigenvalue weighted by Crippen LogP contribution is 2.42. The van der Waals surface area contributed by atoms with Crippen LogP contribution in [0, 0.1) is 17.8 Å². The van der Waals surface area contributed by atoms with Crippen LogP contribution in [0.5, 0.6) is 11.5 Å². The van der Waals surface area contributed by atoms with Crippen LogP contribution < -0.4 is 14.4 Å². The van der Waals surface area contributed by atoms with Gasteiger partial charge in [-0.05, 0) is 49.4 Å². The molecule has 4 rings (SSSR count). The molecular weight excluding hydrogens is 382 g/mol. The Bertz CT molecular complexity index is 985. The number of methoxy groups -OCH3 is 1. The molecule has 6 heteroatoms. The minimum absolute atomic E-state index is 0.124. The van der Waals surface area contributed by atoms with E-state index in [2.05, 4.69) is 6.92 Å². The van der Waals surface area contributed by atoms with Crippen LogP contribution in [-0.2, 0) is 9.59 Å².